The van der Waals surface area contributed by atoms with Crippen molar-refractivity contribution >= 4 is 6.09 Å². The van der Waals surface area contributed by atoms with Gasteiger partial charge in [0.25, 0.3) is 0 Å². The molecule has 0 radical (unpaired) electrons. The highest BCUT2D eigenvalue weighted by Crippen LogP contribution is 2.25. The first kappa shape index (κ1) is 15.6. The van der Waals surface area contributed by atoms with Gasteiger partial charge in [0.15, 0.2) is 0 Å². The molecule has 0 aromatic carbocycles. The lowest BCUT2D eigenvalue weighted by Crippen LogP contribution is -2.55. The lowest BCUT2D eigenvalue weighted by molar-refractivity contribution is 0.0456. The maximum atomic E-state index is 11.6. The number of alkyl carbamates (subject to hydrolysis) is 1. The first-order valence-electron chi connectivity index (χ1n) is 7.75. The second-order valence-electron chi connectivity index (χ2n) is 7.20. The SMILES string of the molecule is CC(C)(C)OC(=O)NC1CC(NC2CCCC(O)C2)C1. The Balaban J connectivity index is 1.61. The second kappa shape index (κ2) is 6.31. The molecule has 0 aromatic rings. The number of hydrogen-bond acceptors (Lipinski definition) is 4. The number of amides is 1. The summed E-state index contributed by atoms with van der Waals surface area (Å²) in [5, 5.41) is 16.1. The molecule has 1 amide bonds. The Hall–Kier alpha value is -0.810. The van der Waals surface area contributed by atoms with E-state index in [2.05, 4.69) is 10.6 Å². The molecule has 2 atom stereocenters. The lowest BCUT2D eigenvalue weighted by atomic mass is 9.84. The van der Waals surface area contributed by atoms with Gasteiger partial charge in [-0.3, -0.25) is 0 Å². The van der Waals surface area contributed by atoms with Crippen molar-refractivity contribution < 1.29 is 14.6 Å². The molecule has 2 aliphatic carbocycles. The summed E-state index contributed by atoms with van der Waals surface area (Å²) in [6, 6.07) is 1.12. The predicted molar refractivity (Wildman–Crippen MR) is 77.6 cm³/mol. The van der Waals surface area contributed by atoms with Gasteiger partial charge in [0.1, 0.15) is 5.60 Å². The molecule has 2 saturated carbocycles. The molecule has 0 aliphatic heterocycles. The monoisotopic (exact) mass is 284 g/mol. The summed E-state index contributed by atoms with van der Waals surface area (Å²) in [6.45, 7) is 5.60. The Labute approximate surface area is 121 Å². The van der Waals surface area contributed by atoms with E-state index < -0.39 is 5.60 Å². The molecular weight excluding hydrogens is 256 g/mol. The van der Waals surface area contributed by atoms with E-state index in [4.69, 9.17) is 4.74 Å². The number of rotatable bonds is 3. The first-order chi connectivity index (χ1) is 9.32. The van der Waals surface area contributed by atoms with Crippen LogP contribution in [0.1, 0.15) is 59.3 Å². The van der Waals surface area contributed by atoms with Crippen LogP contribution in [0.25, 0.3) is 0 Å². The Morgan fingerprint density at radius 1 is 1.10 bits per heavy atom. The zero-order valence-corrected chi connectivity index (χ0v) is 12.8. The average Bonchev–Trinajstić information content (AvgIpc) is 2.23. The summed E-state index contributed by atoms with van der Waals surface area (Å²) in [4.78, 5) is 11.6. The van der Waals surface area contributed by atoms with Gasteiger partial charge < -0.3 is 20.5 Å². The molecule has 3 N–H and O–H groups in total. The smallest absolute Gasteiger partial charge is 0.407 e. The molecular formula is C15H28N2O3. The number of nitrogens with one attached hydrogen (secondary N) is 2. The Morgan fingerprint density at radius 2 is 1.80 bits per heavy atom. The maximum Gasteiger partial charge on any atom is 0.407 e. The van der Waals surface area contributed by atoms with E-state index in [1.54, 1.807) is 0 Å². The highest BCUT2D eigenvalue weighted by Gasteiger charge is 2.33. The van der Waals surface area contributed by atoms with Gasteiger partial charge in [0.2, 0.25) is 0 Å². The fourth-order valence-corrected chi connectivity index (χ4v) is 2.99. The normalized spacial score (nSPS) is 34.2. The molecule has 0 bridgehead atoms. The minimum atomic E-state index is -0.441. The number of hydrogen-bond donors (Lipinski definition) is 3. The molecule has 2 rings (SSSR count). The molecule has 2 unspecified atom stereocenters. The van der Waals surface area contributed by atoms with Crippen LogP contribution in [0.4, 0.5) is 4.79 Å². The molecule has 116 valence electrons. The summed E-state index contributed by atoms with van der Waals surface area (Å²) in [7, 11) is 0. The highest BCUT2D eigenvalue weighted by molar-refractivity contribution is 5.68. The Morgan fingerprint density at radius 3 is 2.40 bits per heavy atom. The van der Waals surface area contributed by atoms with Crippen molar-refractivity contribution in [1.82, 2.24) is 10.6 Å². The number of carbonyl (C=O) groups is 1. The largest absolute Gasteiger partial charge is 0.444 e. The molecule has 5 nitrogen and oxygen atoms in total. The van der Waals surface area contributed by atoms with Gasteiger partial charge in [-0.25, -0.2) is 4.79 Å². The molecule has 2 aliphatic rings. The van der Waals surface area contributed by atoms with Gasteiger partial charge >= 0.3 is 6.09 Å². The average molecular weight is 284 g/mol. The predicted octanol–water partition coefficient (Wildman–Crippen LogP) is 1.94. The fourth-order valence-electron chi connectivity index (χ4n) is 2.99. The van der Waals surface area contributed by atoms with Crippen LogP contribution in [0.15, 0.2) is 0 Å². The van der Waals surface area contributed by atoms with E-state index in [1.165, 1.54) is 0 Å². The molecule has 2 fully saturated rings. The summed E-state index contributed by atoms with van der Waals surface area (Å²) in [5.41, 5.74) is -0.441. The van der Waals surface area contributed by atoms with Gasteiger partial charge in [0, 0.05) is 18.1 Å². The maximum absolute atomic E-state index is 11.6. The fraction of sp³-hybridized carbons (Fsp3) is 0.933. The van der Waals surface area contributed by atoms with Gasteiger partial charge in [0.05, 0.1) is 6.10 Å². The third-order valence-electron chi connectivity index (χ3n) is 3.98. The van der Waals surface area contributed by atoms with E-state index in [0.29, 0.717) is 12.1 Å². The van der Waals surface area contributed by atoms with E-state index in [-0.39, 0.29) is 18.2 Å². The van der Waals surface area contributed by atoms with Crippen molar-refractivity contribution in [3.63, 3.8) is 0 Å². The molecule has 0 saturated heterocycles. The second-order valence-corrected chi connectivity index (χ2v) is 7.20. The van der Waals surface area contributed by atoms with Crippen molar-refractivity contribution in [3.05, 3.63) is 0 Å². The van der Waals surface area contributed by atoms with Gasteiger partial charge in [-0.05, 0) is 59.3 Å². The van der Waals surface area contributed by atoms with E-state index in [9.17, 15) is 9.90 Å². The minimum Gasteiger partial charge on any atom is -0.444 e. The number of carbonyl (C=O) groups excluding carboxylic acids is 1. The van der Waals surface area contributed by atoms with Gasteiger partial charge in [-0.15, -0.1) is 0 Å². The summed E-state index contributed by atoms with van der Waals surface area (Å²) < 4.78 is 5.24. The van der Waals surface area contributed by atoms with Crippen molar-refractivity contribution in [1.29, 1.82) is 0 Å². The summed E-state index contributed by atoms with van der Waals surface area (Å²) in [5.74, 6) is 0. The van der Waals surface area contributed by atoms with Gasteiger partial charge in [-0.1, -0.05) is 0 Å². The molecule has 5 heteroatoms. The van der Waals surface area contributed by atoms with Crippen LogP contribution in [0.2, 0.25) is 0 Å². The lowest BCUT2D eigenvalue weighted by Gasteiger charge is -2.40. The third-order valence-corrected chi connectivity index (χ3v) is 3.98. The van der Waals surface area contributed by atoms with Crippen LogP contribution in [0.3, 0.4) is 0 Å². The van der Waals surface area contributed by atoms with Crippen molar-refractivity contribution in [3.8, 4) is 0 Å². The van der Waals surface area contributed by atoms with Crippen LogP contribution in [-0.4, -0.2) is 41.0 Å². The van der Waals surface area contributed by atoms with Crippen LogP contribution in [-0.2, 0) is 4.74 Å². The molecule has 0 heterocycles. The summed E-state index contributed by atoms with van der Waals surface area (Å²) in [6.07, 6.45) is 5.48. The number of aliphatic hydroxyl groups excluding tert-OH is 1. The number of aliphatic hydroxyl groups is 1. The molecule has 20 heavy (non-hydrogen) atoms. The summed E-state index contributed by atoms with van der Waals surface area (Å²) >= 11 is 0. The molecule has 0 aromatic heterocycles. The standard InChI is InChI=1S/C15H28N2O3/c1-15(2,3)20-14(19)17-12-7-11(8-12)16-10-5-4-6-13(18)9-10/h10-13,16,18H,4-9H2,1-3H3,(H,17,19). The van der Waals surface area contributed by atoms with Crippen molar-refractivity contribution in [2.45, 2.75) is 89.1 Å². The van der Waals surface area contributed by atoms with Gasteiger partial charge in [-0.2, -0.15) is 0 Å². The van der Waals surface area contributed by atoms with Crippen molar-refractivity contribution in [2.24, 2.45) is 0 Å². The van der Waals surface area contributed by atoms with Crippen LogP contribution in [0, 0.1) is 0 Å². The quantitative estimate of drug-likeness (QED) is 0.740. The Kier molecular flexibility index (Phi) is 4.91. The first-order valence-corrected chi connectivity index (χ1v) is 7.75. The minimum absolute atomic E-state index is 0.142. The Bertz CT molecular complexity index is 335. The third kappa shape index (κ3) is 4.94. The van der Waals surface area contributed by atoms with Crippen molar-refractivity contribution in [2.75, 3.05) is 0 Å². The zero-order chi connectivity index (χ0) is 14.8. The zero-order valence-electron chi connectivity index (χ0n) is 12.8. The van der Waals surface area contributed by atoms with Crippen LogP contribution in [0.5, 0.6) is 0 Å². The van der Waals surface area contributed by atoms with E-state index >= 15 is 0 Å². The topological polar surface area (TPSA) is 70.6 Å². The van der Waals surface area contributed by atoms with Crippen LogP contribution >= 0.6 is 0 Å². The molecule has 0 spiro atoms. The van der Waals surface area contributed by atoms with E-state index in [1.807, 2.05) is 20.8 Å². The highest BCUT2D eigenvalue weighted by atomic mass is 16.6. The van der Waals surface area contributed by atoms with E-state index in [0.717, 1.165) is 38.5 Å². The number of ether oxygens (including phenoxy) is 1. The van der Waals surface area contributed by atoms with Crippen LogP contribution < -0.4 is 10.6 Å².